The topological polar surface area (TPSA) is 122 Å². The summed E-state index contributed by atoms with van der Waals surface area (Å²) in [6.45, 7) is -0.207. The number of nitrogens with one attached hydrogen (secondary N) is 1. The lowest BCUT2D eigenvalue weighted by Crippen LogP contribution is -2.52. The van der Waals surface area contributed by atoms with Gasteiger partial charge in [0.05, 0.1) is 18.4 Å². The number of halogens is 2. The van der Waals surface area contributed by atoms with E-state index in [2.05, 4.69) is 9.82 Å². The lowest BCUT2D eigenvalue weighted by Gasteiger charge is -2.47. The van der Waals surface area contributed by atoms with E-state index in [9.17, 15) is 26.8 Å². The molecule has 0 bridgehead atoms. The van der Waals surface area contributed by atoms with Gasteiger partial charge in [-0.25, -0.2) is 21.9 Å². The summed E-state index contributed by atoms with van der Waals surface area (Å²) in [4.78, 5) is 27.7. The van der Waals surface area contributed by atoms with Crippen molar-refractivity contribution in [1.82, 2.24) is 9.78 Å². The number of carbonyl (C=O) groups is 1. The third kappa shape index (κ3) is 4.41. The Morgan fingerprint density at radius 1 is 1.03 bits per heavy atom. The quantitative estimate of drug-likeness (QED) is 0.572. The highest BCUT2D eigenvalue weighted by molar-refractivity contribution is 7.92. The van der Waals surface area contributed by atoms with Gasteiger partial charge in [-0.3, -0.25) is 19.2 Å². The van der Waals surface area contributed by atoms with Gasteiger partial charge >= 0.3 is 0 Å². The normalized spacial score (nSPS) is 23.2. The molecular formula is C26H30F2N4O5S. The maximum absolute atomic E-state index is 13.7. The molecule has 0 saturated heterocycles. The molecule has 3 aliphatic carbocycles. The van der Waals surface area contributed by atoms with Gasteiger partial charge in [-0.1, -0.05) is 0 Å². The van der Waals surface area contributed by atoms with Crippen molar-refractivity contribution in [3.63, 3.8) is 0 Å². The fourth-order valence-electron chi connectivity index (χ4n) is 6.36. The van der Waals surface area contributed by atoms with Crippen LogP contribution in [0.15, 0.2) is 35.1 Å². The lowest BCUT2D eigenvalue weighted by molar-refractivity contribution is -0.107. The number of sulfonamides is 1. The van der Waals surface area contributed by atoms with Crippen LogP contribution in [0.3, 0.4) is 0 Å². The minimum Gasteiger partial charge on any atom is -0.395 e. The van der Waals surface area contributed by atoms with Crippen LogP contribution < -0.4 is 15.2 Å². The van der Waals surface area contributed by atoms with Crippen LogP contribution in [0.2, 0.25) is 0 Å². The number of benzene rings is 1. The zero-order valence-electron chi connectivity index (χ0n) is 20.8. The average molecular weight is 549 g/mol. The van der Waals surface area contributed by atoms with Crippen molar-refractivity contribution in [1.29, 1.82) is 0 Å². The number of aliphatic hydroxyl groups is 1. The summed E-state index contributed by atoms with van der Waals surface area (Å²) in [7, 11) is -3.74. The average Bonchev–Trinajstić information content (AvgIpc) is 3.61. The minimum atomic E-state index is -3.74. The molecule has 1 aromatic heterocycles. The Balaban J connectivity index is 1.38. The Kier molecular flexibility index (Phi) is 5.73. The molecule has 3 fully saturated rings. The molecule has 2 N–H and O–H groups in total. The largest absolute Gasteiger partial charge is 0.395 e. The summed E-state index contributed by atoms with van der Waals surface area (Å²) in [6.07, 6.45) is 5.09. The second-order valence-corrected chi connectivity index (χ2v) is 13.3. The van der Waals surface area contributed by atoms with Gasteiger partial charge in [-0.15, -0.1) is 0 Å². The van der Waals surface area contributed by atoms with Crippen LogP contribution in [0, 0.1) is 5.41 Å². The molecule has 2 spiro atoms. The molecular weight excluding hydrogens is 518 g/mol. The number of fused-ring (bicyclic) bond motifs is 2. The molecule has 1 aliphatic heterocycles. The van der Waals surface area contributed by atoms with Crippen molar-refractivity contribution < 1.29 is 27.1 Å². The third-order valence-corrected chi connectivity index (χ3v) is 10.2. The molecule has 9 nitrogen and oxygen atoms in total. The highest BCUT2D eigenvalue weighted by Gasteiger charge is 2.53. The van der Waals surface area contributed by atoms with Gasteiger partial charge in [0.25, 0.3) is 17.4 Å². The number of hydrogen-bond donors (Lipinski definition) is 2. The molecule has 12 heteroatoms. The van der Waals surface area contributed by atoms with Gasteiger partial charge in [0.1, 0.15) is 0 Å². The predicted octanol–water partition coefficient (Wildman–Crippen LogP) is 3.20. The second kappa shape index (κ2) is 8.57. The molecule has 0 unspecified atom stereocenters. The molecule has 2 aromatic rings. The predicted molar refractivity (Wildman–Crippen MR) is 136 cm³/mol. The fourth-order valence-corrected chi connectivity index (χ4v) is 7.19. The Hall–Kier alpha value is -2.86. The maximum atomic E-state index is 13.7. The van der Waals surface area contributed by atoms with Gasteiger partial charge in [0.2, 0.25) is 10.0 Å². The number of anilines is 2. The smallest absolute Gasteiger partial charge is 0.267 e. The molecule has 38 heavy (non-hydrogen) atoms. The van der Waals surface area contributed by atoms with Gasteiger partial charge in [-0.2, -0.15) is 5.10 Å². The first kappa shape index (κ1) is 25.4. The molecule has 2 heterocycles. The standard InChI is InChI=1S/C26H30F2N4O5S/c27-26(28)14-18(15-26)32-22(34)4-3-21(29-32)31-16-25(9-7-24(5-6-24)8-10-25)20-13-17(1-2-19(20)23(31)35)30-38(36,37)12-11-33/h1-4,13,18,30,33H,5-12,14-16H2. The monoisotopic (exact) mass is 548 g/mol. The van der Waals surface area contributed by atoms with Gasteiger partial charge in [-0.05, 0) is 73.8 Å². The van der Waals surface area contributed by atoms with Crippen molar-refractivity contribution in [2.24, 2.45) is 5.41 Å². The first-order chi connectivity index (χ1) is 17.9. The maximum Gasteiger partial charge on any atom is 0.267 e. The summed E-state index contributed by atoms with van der Waals surface area (Å²) in [5.41, 5.74) is 0.984. The van der Waals surface area contributed by atoms with Crippen LogP contribution >= 0.6 is 0 Å². The van der Waals surface area contributed by atoms with Crippen molar-refractivity contribution in [3.05, 3.63) is 51.8 Å². The van der Waals surface area contributed by atoms with E-state index in [1.165, 1.54) is 35.9 Å². The molecule has 204 valence electrons. The summed E-state index contributed by atoms with van der Waals surface area (Å²) in [5, 5.41) is 13.5. The summed E-state index contributed by atoms with van der Waals surface area (Å²) >= 11 is 0. The number of amides is 1. The van der Waals surface area contributed by atoms with E-state index in [0.717, 1.165) is 35.9 Å². The minimum absolute atomic E-state index is 0.245. The molecule has 3 saturated carbocycles. The number of carbonyl (C=O) groups excluding carboxylic acids is 1. The summed E-state index contributed by atoms with van der Waals surface area (Å²) in [5.74, 6) is -3.34. The second-order valence-electron chi connectivity index (χ2n) is 11.5. The molecule has 1 aromatic carbocycles. The first-order valence-corrected chi connectivity index (χ1v) is 14.6. The van der Waals surface area contributed by atoms with Gasteiger partial charge in [0, 0.05) is 42.1 Å². The fraction of sp³-hybridized carbons (Fsp3) is 0.577. The van der Waals surface area contributed by atoms with E-state index in [0.29, 0.717) is 23.2 Å². The molecule has 6 rings (SSSR count). The van der Waals surface area contributed by atoms with E-state index >= 15 is 0 Å². The summed E-state index contributed by atoms with van der Waals surface area (Å²) < 4.78 is 55.2. The van der Waals surface area contributed by atoms with Gasteiger partial charge in [0.15, 0.2) is 5.82 Å². The van der Waals surface area contributed by atoms with Crippen LogP contribution in [-0.4, -0.2) is 54.0 Å². The van der Waals surface area contributed by atoms with Crippen molar-refractivity contribution in [2.75, 3.05) is 28.5 Å². The number of rotatable bonds is 6. The number of nitrogens with zero attached hydrogens (tertiary/aromatic N) is 3. The van der Waals surface area contributed by atoms with Crippen LogP contribution in [-0.2, 0) is 15.4 Å². The highest BCUT2D eigenvalue weighted by atomic mass is 32.2. The van der Waals surface area contributed by atoms with E-state index in [-0.39, 0.29) is 11.7 Å². The number of aliphatic hydroxyl groups excluding tert-OH is 1. The SMILES string of the molecule is O=C1c2ccc(NS(=O)(=O)CCO)cc2C2(CCC3(CC3)CC2)CN1c1ccc(=O)n(C2CC(F)(F)C2)n1. The van der Waals surface area contributed by atoms with Crippen molar-refractivity contribution >= 4 is 27.4 Å². The van der Waals surface area contributed by atoms with Gasteiger partial charge < -0.3 is 5.11 Å². The zero-order chi connectivity index (χ0) is 26.9. The molecule has 0 atom stereocenters. The number of alkyl halides is 2. The Morgan fingerprint density at radius 3 is 2.34 bits per heavy atom. The molecule has 4 aliphatic rings. The Morgan fingerprint density at radius 2 is 1.71 bits per heavy atom. The van der Waals surface area contributed by atoms with E-state index in [1.54, 1.807) is 12.1 Å². The molecule has 1 amide bonds. The Bertz CT molecular complexity index is 1450. The van der Waals surface area contributed by atoms with E-state index in [1.807, 2.05) is 0 Å². The Labute approximate surface area is 218 Å². The van der Waals surface area contributed by atoms with Crippen molar-refractivity contribution in [3.8, 4) is 0 Å². The highest BCUT2D eigenvalue weighted by Crippen LogP contribution is 2.61. The third-order valence-electron chi connectivity index (χ3n) is 8.89. The van der Waals surface area contributed by atoms with Crippen LogP contribution in [0.1, 0.15) is 73.3 Å². The number of aromatic nitrogens is 2. The van der Waals surface area contributed by atoms with E-state index < -0.39 is 58.2 Å². The zero-order valence-corrected chi connectivity index (χ0v) is 21.6. The van der Waals surface area contributed by atoms with Crippen LogP contribution in [0.25, 0.3) is 0 Å². The molecule has 0 radical (unpaired) electrons. The van der Waals surface area contributed by atoms with Crippen molar-refractivity contribution in [2.45, 2.75) is 68.7 Å². The summed E-state index contributed by atoms with van der Waals surface area (Å²) in [6, 6.07) is 6.89. The number of hydrogen-bond acceptors (Lipinski definition) is 6. The van der Waals surface area contributed by atoms with E-state index in [4.69, 9.17) is 5.11 Å². The lowest BCUT2D eigenvalue weighted by atomic mass is 9.62. The van der Waals surface area contributed by atoms with Crippen LogP contribution in [0.4, 0.5) is 20.3 Å². The van der Waals surface area contributed by atoms with Crippen LogP contribution in [0.5, 0.6) is 0 Å². The first-order valence-electron chi connectivity index (χ1n) is 13.0.